The summed E-state index contributed by atoms with van der Waals surface area (Å²) in [6.07, 6.45) is 9.03. The molecular formula is C12H23NOS. The van der Waals surface area contributed by atoms with Gasteiger partial charge < -0.3 is 4.74 Å². The molecule has 0 saturated carbocycles. The van der Waals surface area contributed by atoms with E-state index in [4.69, 9.17) is 4.74 Å². The summed E-state index contributed by atoms with van der Waals surface area (Å²) in [5.41, 5.74) is 0. The third-order valence-electron chi connectivity index (χ3n) is 3.66. The highest BCUT2D eigenvalue weighted by Crippen LogP contribution is 2.27. The van der Waals surface area contributed by atoms with E-state index >= 15 is 0 Å². The zero-order valence-corrected chi connectivity index (χ0v) is 10.6. The highest BCUT2D eigenvalue weighted by molar-refractivity contribution is 7.99. The van der Waals surface area contributed by atoms with Gasteiger partial charge in [0.15, 0.2) is 0 Å². The maximum Gasteiger partial charge on any atom is 0.0554 e. The summed E-state index contributed by atoms with van der Waals surface area (Å²) in [4.78, 5) is 2.71. The second kappa shape index (κ2) is 6.12. The molecule has 15 heavy (non-hydrogen) atoms. The molecule has 0 bridgehead atoms. The Morgan fingerprint density at radius 2 is 2.00 bits per heavy atom. The lowest BCUT2D eigenvalue weighted by molar-refractivity contribution is 0.0473. The average molecular weight is 229 g/mol. The van der Waals surface area contributed by atoms with E-state index in [1.54, 1.807) is 0 Å². The molecule has 0 aromatic rings. The Bertz CT molecular complexity index is 182. The summed E-state index contributed by atoms with van der Waals surface area (Å²) in [5.74, 6) is 0.895. The van der Waals surface area contributed by atoms with Crippen molar-refractivity contribution in [2.75, 3.05) is 32.6 Å². The van der Waals surface area contributed by atoms with Gasteiger partial charge in [-0.25, -0.2) is 0 Å². The predicted octanol–water partition coefficient (Wildman–Crippen LogP) is 2.59. The van der Waals surface area contributed by atoms with Crippen LogP contribution in [0.3, 0.4) is 0 Å². The summed E-state index contributed by atoms with van der Waals surface area (Å²) < 4.78 is 5.42. The van der Waals surface area contributed by atoms with Gasteiger partial charge in [0, 0.05) is 19.8 Å². The van der Waals surface area contributed by atoms with Crippen molar-refractivity contribution in [3.63, 3.8) is 0 Å². The molecule has 0 N–H and O–H groups in total. The van der Waals surface area contributed by atoms with Gasteiger partial charge in [-0.1, -0.05) is 0 Å². The number of thioether (sulfide) groups is 1. The number of ether oxygens (including phenoxy) is 1. The number of rotatable bonds is 3. The van der Waals surface area contributed by atoms with Crippen molar-refractivity contribution in [3.8, 4) is 0 Å². The van der Waals surface area contributed by atoms with Gasteiger partial charge in [0.2, 0.25) is 0 Å². The Morgan fingerprint density at radius 3 is 2.73 bits per heavy atom. The molecular weight excluding hydrogens is 206 g/mol. The van der Waals surface area contributed by atoms with Crippen LogP contribution < -0.4 is 0 Å². The van der Waals surface area contributed by atoms with Crippen LogP contribution in [0.5, 0.6) is 0 Å². The molecule has 1 unspecified atom stereocenters. The number of piperidine rings is 1. The van der Waals surface area contributed by atoms with Crippen LogP contribution in [0.25, 0.3) is 0 Å². The molecule has 2 heterocycles. The van der Waals surface area contributed by atoms with E-state index in [2.05, 4.69) is 11.2 Å². The van der Waals surface area contributed by atoms with Gasteiger partial charge in [0.1, 0.15) is 0 Å². The largest absolute Gasteiger partial charge is 0.381 e. The van der Waals surface area contributed by atoms with Crippen molar-refractivity contribution in [2.45, 2.75) is 37.5 Å². The first-order valence-electron chi connectivity index (χ1n) is 6.24. The lowest BCUT2D eigenvalue weighted by Crippen LogP contribution is -2.41. The lowest BCUT2D eigenvalue weighted by Gasteiger charge is -2.37. The van der Waals surface area contributed by atoms with Gasteiger partial charge in [-0.3, -0.25) is 4.90 Å². The maximum atomic E-state index is 5.42. The second-order valence-corrected chi connectivity index (χ2v) is 5.75. The number of likely N-dealkylation sites (tertiary alicyclic amines) is 1. The minimum Gasteiger partial charge on any atom is -0.381 e. The fraction of sp³-hybridized carbons (Fsp3) is 1.00. The zero-order chi connectivity index (χ0) is 10.5. The molecule has 2 aliphatic heterocycles. The first-order valence-corrected chi connectivity index (χ1v) is 7.53. The molecule has 0 aliphatic carbocycles. The second-order valence-electron chi connectivity index (χ2n) is 4.74. The van der Waals surface area contributed by atoms with Gasteiger partial charge in [0.05, 0.1) is 5.37 Å². The van der Waals surface area contributed by atoms with Crippen molar-refractivity contribution in [1.29, 1.82) is 0 Å². The summed E-state index contributed by atoms with van der Waals surface area (Å²) in [7, 11) is 0. The Kier molecular flexibility index (Phi) is 4.79. The van der Waals surface area contributed by atoms with Crippen LogP contribution in [0.4, 0.5) is 0 Å². The minimum absolute atomic E-state index is 0.793. The summed E-state index contributed by atoms with van der Waals surface area (Å²) in [6.45, 7) is 4.61. The van der Waals surface area contributed by atoms with Crippen molar-refractivity contribution >= 4 is 11.8 Å². The predicted molar refractivity (Wildman–Crippen MR) is 66.3 cm³/mol. The van der Waals surface area contributed by atoms with E-state index in [1.165, 1.54) is 45.2 Å². The van der Waals surface area contributed by atoms with Gasteiger partial charge in [0.25, 0.3) is 0 Å². The molecule has 2 nitrogen and oxygen atoms in total. The average Bonchev–Trinajstić information content (AvgIpc) is 2.31. The van der Waals surface area contributed by atoms with Crippen molar-refractivity contribution in [2.24, 2.45) is 5.92 Å². The fourth-order valence-electron chi connectivity index (χ4n) is 2.70. The molecule has 0 radical (unpaired) electrons. The third kappa shape index (κ3) is 3.36. The Balaban J connectivity index is 1.79. The summed E-state index contributed by atoms with van der Waals surface area (Å²) in [5, 5.41) is 0.793. The van der Waals surface area contributed by atoms with Gasteiger partial charge in [-0.05, 0) is 50.8 Å². The number of hydrogen-bond acceptors (Lipinski definition) is 3. The summed E-state index contributed by atoms with van der Waals surface area (Å²) >= 11 is 2.04. The van der Waals surface area contributed by atoms with Crippen LogP contribution in [0.15, 0.2) is 0 Å². The van der Waals surface area contributed by atoms with E-state index in [-0.39, 0.29) is 0 Å². The molecule has 88 valence electrons. The Hall–Kier alpha value is 0.270. The highest BCUT2D eigenvalue weighted by atomic mass is 32.2. The number of hydrogen-bond donors (Lipinski definition) is 0. The van der Waals surface area contributed by atoms with Gasteiger partial charge >= 0.3 is 0 Å². The molecule has 2 saturated heterocycles. The first kappa shape index (κ1) is 11.7. The topological polar surface area (TPSA) is 12.5 Å². The van der Waals surface area contributed by atoms with E-state index in [0.717, 1.165) is 24.5 Å². The maximum absolute atomic E-state index is 5.42. The molecule has 2 aliphatic rings. The Labute approximate surface area is 97.7 Å². The van der Waals surface area contributed by atoms with Crippen molar-refractivity contribution in [3.05, 3.63) is 0 Å². The van der Waals surface area contributed by atoms with E-state index < -0.39 is 0 Å². The SMILES string of the molecule is CSC1CCCCN1CC1CCOCC1. The first-order chi connectivity index (χ1) is 7.40. The Morgan fingerprint density at radius 1 is 1.20 bits per heavy atom. The highest BCUT2D eigenvalue weighted by Gasteiger charge is 2.24. The molecule has 3 heteroatoms. The molecule has 0 aromatic carbocycles. The van der Waals surface area contributed by atoms with E-state index in [9.17, 15) is 0 Å². The smallest absolute Gasteiger partial charge is 0.0554 e. The quantitative estimate of drug-likeness (QED) is 0.738. The zero-order valence-electron chi connectivity index (χ0n) is 9.78. The van der Waals surface area contributed by atoms with E-state index in [0.29, 0.717) is 0 Å². The van der Waals surface area contributed by atoms with Crippen LogP contribution in [0, 0.1) is 5.92 Å². The molecule has 1 atom stereocenters. The normalized spacial score (nSPS) is 30.6. The molecule has 0 aromatic heterocycles. The third-order valence-corrected chi connectivity index (χ3v) is 4.74. The monoisotopic (exact) mass is 229 g/mol. The van der Waals surface area contributed by atoms with Crippen LogP contribution in [0.2, 0.25) is 0 Å². The van der Waals surface area contributed by atoms with Crippen molar-refractivity contribution < 1.29 is 4.74 Å². The van der Waals surface area contributed by atoms with Crippen LogP contribution in [-0.2, 0) is 4.74 Å². The van der Waals surface area contributed by atoms with Gasteiger partial charge in [-0.15, -0.1) is 11.8 Å². The minimum atomic E-state index is 0.793. The van der Waals surface area contributed by atoms with Crippen molar-refractivity contribution in [1.82, 2.24) is 4.90 Å². The fourth-order valence-corrected chi connectivity index (χ4v) is 3.59. The van der Waals surface area contributed by atoms with Gasteiger partial charge in [-0.2, -0.15) is 0 Å². The summed E-state index contributed by atoms with van der Waals surface area (Å²) in [6, 6.07) is 0. The van der Waals surface area contributed by atoms with Crippen LogP contribution in [0.1, 0.15) is 32.1 Å². The molecule has 0 amide bonds. The molecule has 2 fully saturated rings. The number of nitrogens with zero attached hydrogens (tertiary/aromatic N) is 1. The standard InChI is InChI=1S/C12H23NOS/c1-15-12-4-2-3-7-13(12)10-11-5-8-14-9-6-11/h11-12H,2-10H2,1H3. The van der Waals surface area contributed by atoms with Crippen LogP contribution in [-0.4, -0.2) is 42.8 Å². The van der Waals surface area contributed by atoms with E-state index in [1.807, 2.05) is 11.8 Å². The molecule has 2 rings (SSSR count). The lowest BCUT2D eigenvalue weighted by atomic mass is 9.98. The molecule has 0 spiro atoms. The van der Waals surface area contributed by atoms with Crippen LogP contribution >= 0.6 is 11.8 Å².